The highest BCUT2D eigenvalue weighted by Gasteiger charge is 2.47. The van der Waals surface area contributed by atoms with Crippen molar-refractivity contribution in [1.82, 2.24) is 4.72 Å². The Hall–Kier alpha value is -0.500. The lowest BCUT2D eigenvalue weighted by atomic mass is 9.92. The van der Waals surface area contributed by atoms with E-state index in [9.17, 15) is 21.6 Å². The van der Waals surface area contributed by atoms with E-state index in [1.807, 2.05) is 0 Å². The molecule has 17 heavy (non-hydrogen) atoms. The summed E-state index contributed by atoms with van der Waals surface area (Å²) in [4.78, 5) is 3.70. The minimum Gasteiger partial charge on any atom is -0.227 e. The van der Waals surface area contributed by atoms with E-state index in [0.717, 1.165) is 6.42 Å². The molecule has 1 fully saturated rings. The minimum atomic E-state index is -5.32. The summed E-state index contributed by atoms with van der Waals surface area (Å²) in [5.74, 6) is 0. The molecular formula is C8H11F3N2O2S2. The topological polar surface area (TPSA) is 58.5 Å². The summed E-state index contributed by atoms with van der Waals surface area (Å²) in [5.41, 5.74) is -5.30. The molecule has 0 saturated heterocycles. The molecule has 0 aromatic rings. The Kier molecular flexibility index (Phi) is 4.65. The van der Waals surface area contributed by atoms with Gasteiger partial charge in [0.05, 0.1) is 11.2 Å². The van der Waals surface area contributed by atoms with Crippen molar-refractivity contribution in [3.05, 3.63) is 0 Å². The summed E-state index contributed by atoms with van der Waals surface area (Å²) in [5, 5.41) is 2.08. The molecule has 0 aromatic carbocycles. The summed E-state index contributed by atoms with van der Waals surface area (Å²) in [6.45, 7) is 0. The van der Waals surface area contributed by atoms with Gasteiger partial charge in [-0.15, -0.1) is 0 Å². The van der Waals surface area contributed by atoms with Gasteiger partial charge in [-0.2, -0.15) is 13.2 Å². The maximum atomic E-state index is 12.2. The average molecular weight is 288 g/mol. The van der Waals surface area contributed by atoms with Crippen LogP contribution < -0.4 is 4.72 Å². The van der Waals surface area contributed by atoms with Crippen LogP contribution in [0.1, 0.15) is 25.7 Å². The van der Waals surface area contributed by atoms with Crippen molar-refractivity contribution in [2.45, 2.75) is 43.3 Å². The van der Waals surface area contributed by atoms with Crippen molar-refractivity contribution in [3.8, 4) is 0 Å². The molecule has 2 atom stereocenters. The number of alkyl halides is 3. The van der Waals surface area contributed by atoms with Crippen LogP contribution in [0.2, 0.25) is 0 Å². The van der Waals surface area contributed by atoms with E-state index in [1.165, 1.54) is 0 Å². The van der Waals surface area contributed by atoms with E-state index >= 15 is 0 Å². The Labute approximate surface area is 102 Å². The van der Waals surface area contributed by atoms with E-state index in [-0.39, 0.29) is 0 Å². The highest BCUT2D eigenvalue weighted by Crippen LogP contribution is 2.26. The second-order valence-electron chi connectivity index (χ2n) is 3.75. The third kappa shape index (κ3) is 3.74. The van der Waals surface area contributed by atoms with Crippen molar-refractivity contribution in [2.24, 2.45) is 4.99 Å². The smallest absolute Gasteiger partial charge is 0.227 e. The average Bonchev–Trinajstić information content (AvgIpc) is 2.19. The quantitative estimate of drug-likeness (QED) is 0.637. The van der Waals surface area contributed by atoms with Gasteiger partial charge in [0.15, 0.2) is 0 Å². The van der Waals surface area contributed by atoms with Gasteiger partial charge in [0.2, 0.25) is 0 Å². The number of halogens is 3. The van der Waals surface area contributed by atoms with Crippen LogP contribution in [-0.2, 0) is 10.0 Å². The van der Waals surface area contributed by atoms with Crippen LogP contribution in [0, 0.1) is 0 Å². The first-order chi connectivity index (χ1) is 7.78. The molecule has 1 aliphatic carbocycles. The number of thiocarbonyl (C=S) groups is 1. The van der Waals surface area contributed by atoms with E-state index in [0.29, 0.717) is 19.3 Å². The second-order valence-corrected chi connectivity index (χ2v) is 5.63. The molecule has 98 valence electrons. The number of rotatable bonds is 3. The van der Waals surface area contributed by atoms with Crippen LogP contribution in [-0.4, -0.2) is 31.2 Å². The molecular weight excluding hydrogens is 277 g/mol. The number of hydrogen-bond donors (Lipinski definition) is 1. The van der Waals surface area contributed by atoms with Crippen LogP contribution in [0.4, 0.5) is 13.2 Å². The molecule has 1 rings (SSSR count). The molecule has 0 spiro atoms. The van der Waals surface area contributed by atoms with Crippen molar-refractivity contribution in [1.29, 1.82) is 0 Å². The molecule has 0 bridgehead atoms. The molecule has 0 radical (unpaired) electrons. The van der Waals surface area contributed by atoms with E-state index < -0.39 is 27.6 Å². The van der Waals surface area contributed by atoms with Crippen LogP contribution in [0.3, 0.4) is 0 Å². The van der Waals surface area contributed by atoms with Gasteiger partial charge in [-0.3, -0.25) is 0 Å². The van der Waals surface area contributed by atoms with Crippen molar-refractivity contribution < 1.29 is 21.6 Å². The first-order valence-electron chi connectivity index (χ1n) is 4.93. The van der Waals surface area contributed by atoms with Gasteiger partial charge in [0, 0.05) is 6.04 Å². The molecule has 1 aliphatic rings. The summed E-state index contributed by atoms with van der Waals surface area (Å²) in [6.07, 6.45) is 2.28. The van der Waals surface area contributed by atoms with E-state index in [1.54, 1.807) is 4.72 Å². The Bertz CT molecular complexity index is 415. The van der Waals surface area contributed by atoms with Crippen LogP contribution in [0.5, 0.6) is 0 Å². The fourth-order valence-corrected chi connectivity index (χ4v) is 2.68. The van der Waals surface area contributed by atoms with Gasteiger partial charge in [0.25, 0.3) is 0 Å². The zero-order valence-electron chi connectivity index (χ0n) is 8.70. The number of isothiocyanates is 1. The Morgan fingerprint density at radius 3 is 2.41 bits per heavy atom. The summed E-state index contributed by atoms with van der Waals surface area (Å²) in [6, 6.07) is -1.41. The highest BCUT2D eigenvalue weighted by molar-refractivity contribution is 7.90. The molecule has 0 aromatic heterocycles. The van der Waals surface area contributed by atoms with Crippen LogP contribution >= 0.6 is 12.2 Å². The molecule has 1 saturated carbocycles. The third-order valence-corrected chi connectivity index (χ3v) is 3.89. The standard InChI is InChI=1S/C8H11F3N2O2S2/c9-8(10,11)17(14,15)13-7-4-2-1-3-6(7)12-5-16/h6-7,13H,1-4H2/t6-,7-/m0/s1. The Morgan fingerprint density at radius 2 is 1.88 bits per heavy atom. The lowest BCUT2D eigenvalue weighted by Crippen LogP contribution is -2.48. The maximum Gasteiger partial charge on any atom is 0.511 e. The van der Waals surface area contributed by atoms with Crippen molar-refractivity contribution >= 4 is 27.4 Å². The second kappa shape index (κ2) is 5.43. The zero-order chi connectivity index (χ0) is 13.1. The molecule has 1 N–H and O–H groups in total. The first-order valence-corrected chi connectivity index (χ1v) is 6.82. The highest BCUT2D eigenvalue weighted by atomic mass is 32.2. The van der Waals surface area contributed by atoms with Gasteiger partial charge in [0.1, 0.15) is 0 Å². The maximum absolute atomic E-state index is 12.2. The molecule has 0 unspecified atom stereocenters. The molecule has 0 aliphatic heterocycles. The summed E-state index contributed by atoms with van der Waals surface area (Å²) in [7, 11) is -5.32. The fourth-order valence-electron chi connectivity index (χ4n) is 1.74. The van der Waals surface area contributed by atoms with Crippen molar-refractivity contribution in [2.75, 3.05) is 0 Å². The van der Waals surface area contributed by atoms with Crippen LogP contribution in [0.15, 0.2) is 4.99 Å². The van der Waals surface area contributed by atoms with E-state index in [2.05, 4.69) is 22.4 Å². The lowest BCUT2D eigenvalue weighted by molar-refractivity contribution is -0.0452. The van der Waals surface area contributed by atoms with Gasteiger partial charge < -0.3 is 0 Å². The third-order valence-electron chi connectivity index (χ3n) is 2.56. The lowest BCUT2D eigenvalue weighted by Gasteiger charge is -2.28. The SMILES string of the molecule is O=S(=O)(N[C@H]1CCCC[C@@H]1N=C=S)C(F)(F)F. The molecule has 0 heterocycles. The number of hydrogen-bond acceptors (Lipinski definition) is 4. The van der Waals surface area contributed by atoms with Gasteiger partial charge in [-0.25, -0.2) is 18.1 Å². The van der Waals surface area contributed by atoms with Gasteiger partial charge in [-0.1, -0.05) is 12.8 Å². The molecule has 4 nitrogen and oxygen atoms in total. The number of nitrogens with one attached hydrogen (secondary N) is 1. The predicted octanol–water partition coefficient (Wildman–Crippen LogP) is 1.84. The first kappa shape index (κ1) is 14.6. The monoisotopic (exact) mass is 288 g/mol. The minimum absolute atomic E-state index is 0.320. The summed E-state index contributed by atoms with van der Waals surface area (Å²) >= 11 is 4.38. The molecule has 9 heteroatoms. The van der Waals surface area contributed by atoms with Gasteiger partial charge in [-0.05, 0) is 25.1 Å². The van der Waals surface area contributed by atoms with E-state index in [4.69, 9.17) is 0 Å². The number of aliphatic imine (C=N–C) groups is 1. The summed E-state index contributed by atoms with van der Waals surface area (Å²) < 4.78 is 60.1. The van der Waals surface area contributed by atoms with Crippen LogP contribution in [0.25, 0.3) is 0 Å². The predicted molar refractivity (Wildman–Crippen MR) is 59.2 cm³/mol. The van der Waals surface area contributed by atoms with Gasteiger partial charge >= 0.3 is 15.5 Å². The molecule has 0 amide bonds. The fraction of sp³-hybridized carbons (Fsp3) is 0.875. The van der Waals surface area contributed by atoms with Crippen molar-refractivity contribution in [3.63, 3.8) is 0 Å². The Balaban J connectivity index is 2.82. The number of sulfonamides is 1. The number of nitrogens with zero attached hydrogens (tertiary/aromatic N) is 1. The normalized spacial score (nSPS) is 26.3. The largest absolute Gasteiger partial charge is 0.511 e. The Morgan fingerprint density at radius 1 is 1.29 bits per heavy atom. The zero-order valence-corrected chi connectivity index (χ0v) is 10.3.